The van der Waals surface area contributed by atoms with Crippen molar-refractivity contribution >= 4 is 17.4 Å². The van der Waals surface area contributed by atoms with Gasteiger partial charge in [0.15, 0.2) is 5.78 Å². The summed E-state index contributed by atoms with van der Waals surface area (Å²) in [5.74, 6) is 3.08. The number of carbonyl (C=O) groups is 1. The van der Waals surface area contributed by atoms with Crippen LogP contribution in [-0.2, 0) is 4.79 Å². The van der Waals surface area contributed by atoms with Gasteiger partial charge in [-0.2, -0.15) is 0 Å². The van der Waals surface area contributed by atoms with Gasteiger partial charge in [0.25, 0.3) is 0 Å². The Balaban J connectivity index is 1.61. The lowest BCUT2D eigenvalue weighted by Gasteiger charge is -2.64. The van der Waals surface area contributed by atoms with Gasteiger partial charge in [0.05, 0.1) is 22.5 Å². The van der Waals surface area contributed by atoms with Gasteiger partial charge in [-0.1, -0.05) is 53.5 Å². The molecule has 32 heavy (non-hydrogen) atoms. The Hall–Kier alpha value is -0.380. The van der Waals surface area contributed by atoms with Crippen LogP contribution < -0.4 is 0 Å². The minimum Gasteiger partial charge on any atom is -0.393 e. The zero-order valence-electron chi connectivity index (χ0n) is 21.0. The highest BCUT2D eigenvalue weighted by Gasteiger charge is 2.70. The summed E-state index contributed by atoms with van der Waals surface area (Å²) < 4.78 is 0. The van der Waals surface area contributed by atoms with E-state index >= 15 is 0 Å². The summed E-state index contributed by atoms with van der Waals surface area (Å²) in [4.78, 5) is 13.2. The number of hydrogen-bond donors (Lipinski definition) is 2. The van der Waals surface area contributed by atoms with E-state index in [1.54, 1.807) is 12.2 Å². The second kappa shape index (κ2) is 8.38. The Morgan fingerprint density at radius 1 is 1.16 bits per heavy atom. The first kappa shape index (κ1) is 24.7. The molecule has 0 bridgehead atoms. The zero-order valence-corrected chi connectivity index (χ0v) is 21.7. The van der Waals surface area contributed by atoms with Crippen LogP contribution in [0.5, 0.6) is 0 Å². The molecule has 4 aliphatic carbocycles. The van der Waals surface area contributed by atoms with Crippen LogP contribution in [0.3, 0.4) is 0 Å². The first-order valence-electron chi connectivity index (χ1n) is 13.1. The average Bonchev–Trinajstić information content (AvgIpc) is 3.05. The molecule has 0 aliphatic heterocycles. The number of hydrogen-bond acceptors (Lipinski definition) is 3. The van der Waals surface area contributed by atoms with Crippen molar-refractivity contribution in [3.8, 4) is 0 Å². The van der Waals surface area contributed by atoms with Crippen molar-refractivity contribution in [3.63, 3.8) is 0 Å². The molecule has 11 unspecified atom stereocenters. The van der Waals surface area contributed by atoms with Crippen molar-refractivity contribution < 1.29 is 15.0 Å². The van der Waals surface area contributed by atoms with Crippen LogP contribution in [0.25, 0.3) is 0 Å². The Morgan fingerprint density at radius 3 is 2.50 bits per heavy atom. The van der Waals surface area contributed by atoms with Crippen molar-refractivity contribution in [2.24, 2.45) is 52.3 Å². The Kier molecular flexibility index (Phi) is 6.48. The molecule has 0 aromatic rings. The van der Waals surface area contributed by atoms with E-state index in [0.717, 1.165) is 24.7 Å². The minimum atomic E-state index is -1.27. The van der Waals surface area contributed by atoms with Gasteiger partial charge < -0.3 is 10.2 Å². The van der Waals surface area contributed by atoms with E-state index < -0.39 is 22.5 Å². The van der Waals surface area contributed by atoms with E-state index in [-0.39, 0.29) is 23.0 Å². The normalized spacial score (nSPS) is 50.0. The smallest absolute Gasteiger partial charge is 0.164 e. The summed E-state index contributed by atoms with van der Waals surface area (Å²) in [7, 11) is 0. The summed E-state index contributed by atoms with van der Waals surface area (Å²) in [6.45, 7) is 13.7. The average molecular weight is 465 g/mol. The molecular weight excluding hydrogens is 420 g/mol. The molecule has 0 radical (unpaired) electrons. The molecule has 2 N–H and O–H groups in total. The summed E-state index contributed by atoms with van der Waals surface area (Å²) in [5.41, 5.74) is -2.19. The Bertz CT molecular complexity index is 764. The van der Waals surface area contributed by atoms with E-state index in [2.05, 4.69) is 34.6 Å². The number of halogens is 1. The number of aliphatic hydroxyl groups excluding tert-OH is 1. The summed E-state index contributed by atoms with van der Waals surface area (Å²) >= 11 is 6.89. The van der Waals surface area contributed by atoms with E-state index in [1.165, 1.54) is 19.3 Å². The fourth-order valence-corrected chi connectivity index (χ4v) is 9.34. The molecule has 3 nitrogen and oxygen atoms in total. The lowest BCUT2D eigenvalue weighted by Crippen LogP contribution is -2.70. The second-order valence-corrected chi connectivity index (χ2v) is 13.4. The monoisotopic (exact) mass is 464 g/mol. The summed E-state index contributed by atoms with van der Waals surface area (Å²) in [5, 5.41) is 22.8. The van der Waals surface area contributed by atoms with Gasteiger partial charge >= 0.3 is 0 Å². The highest BCUT2D eigenvalue weighted by Crippen LogP contribution is 2.68. The molecule has 3 saturated carbocycles. The number of rotatable bonds is 5. The quantitative estimate of drug-likeness (QED) is 0.490. The van der Waals surface area contributed by atoms with E-state index in [9.17, 15) is 15.0 Å². The van der Waals surface area contributed by atoms with Crippen molar-refractivity contribution in [2.45, 2.75) is 104 Å². The van der Waals surface area contributed by atoms with Gasteiger partial charge in [0, 0.05) is 5.92 Å². The molecule has 0 spiro atoms. The van der Waals surface area contributed by atoms with Gasteiger partial charge in [-0.3, -0.25) is 4.79 Å². The fourth-order valence-electron chi connectivity index (χ4n) is 8.82. The molecule has 4 aliphatic rings. The van der Waals surface area contributed by atoms with Gasteiger partial charge in [-0.15, -0.1) is 11.6 Å². The highest BCUT2D eigenvalue weighted by molar-refractivity contribution is 6.22. The Morgan fingerprint density at radius 2 is 1.84 bits per heavy atom. The molecule has 11 atom stereocenters. The van der Waals surface area contributed by atoms with Crippen LogP contribution in [0, 0.1) is 52.3 Å². The molecule has 182 valence electrons. The van der Waals surface area contributed by atoms with E-state index in [1.807, 2.05) is 6.92 Å². The van der Waals surface area contributed by atoms with Crippen LogP contribution in [0.2, 0.25) is 0 Å². The molecule has 0 saturated heterocycles. The molecule has 0 heterocycles. The number of aliphatic hydroxyl groups is 2. The minimum absolute atomic E-state index is 0.0557. The maximum Gasteiger partial charge on any atom is 0.164 e. The fraction of sp³-hybridized carbons (Fsp3) is 0.893. The topological polar surface area (TPSA) is 57.5 Å². The molecule has 4 rings (SSSR count). The molecule has 0 amide bonds. The SMILES string of the molecule is CC(C)C(C)CCC(C)C1CCC2C3CC(Cl)C4(O)CC=CC(=O)C4(C)C3C(O)CC12C. The largest absolute Gasteiger partial charge is 0.393 e. The number of fused-ring (bicyclic) bond motifs is 5. The molecule has 3 fully saturated rings. The first-order chi connectivity index (χ1) is 14.9. The lowest BCUT2D eigenvalue weighted by molar-refractivity contribution is -0.215. The maximum atomic E-state index is 13.2. The third-order valence-corrected chi connectivity index (χ3v) is 11.7. The predicted octanol–water partition coefficient (Wildman–Crippen LogP) is 6.00. The number of allylic oxidation sites excluding steroid dienone is 1. The zero-order chi connectivity index (χ0) is 23.6. The third kappa shape index (κ3) is 3.39. The van der Waals surface area contributed by atoms with Gasteiger partial charge in [0.2, 0.25) is 0 Å². The third-order valence-electron chi connectivity index (χ3n) is 11.2. The number of carbonyl (C=O) groups excluding carboxylic acids is 1. The van der Waals surface area contributed by atoms with Gasteiger partial charge in [0.1, 0.15) is 0 Å². The Labute approximate surface area is 200 Å². The summed E-state index contributed by atoms with van der Waals surface area (Å²) in [6.07, 6.45) is 9.52. The lowest BCUT2D eigenvalue weighted by atomic mass is 9.42. The predicted molar refractivity (Wildman–Crippen MR) is 130 cm³/mol. The number of alkyl halides is 1. The van der Waals surface area contributed by atoms with Gasteiger partial charge in [-0.25, -0.2) is 0 Å². The molecule has 4 heteroatoms. The molecule has 0 aromatic heterocycles. The van der Waals surface area contributed by atoms with Crippen LogP contribution in [-0.4, -0.2) is 33.1 Å². The van der Waals surface area contributed by atoms with E-state index in [4.69, 9.17) is 11.6 Å². The molecular formula is C28H45ClO3. The van der Waals surface area contributed by atoms with E-state index in [0.29, 0.717) is 30.6 Å². The van der Waals surface area contributed by atoms with Crippen molar-refractivity contribution in [1.82, 2.24) is 0 Å². The van der Waals surface area contributed by atoms with Gasteiger partial charge in [-0.05, 0) is 86.0 Å². The van der Waals surface area contributed by atoms with Crippen molar-refractivity contribution in [3.05, 3.63) is 12.2 Å². The highest BCUT2D eigenvalue weighted by atomic mass is 35.5. The second-order valence-electron chi connectivity index (χ2n) is 12.8. The maximum absolute atomic E-state index is 13.2. The summed E-state index contributed by atoms with van der Waals surface area (Å²) in [6, 6.07) is 0. The van der Waals surface area contributed by atoms with Crippen LogP contribution >= 0.6 is 11.6 Å². The first-order valence-corrected chi connectivity index (χ1v) is 13.6. The number of ketones is 1. The van der Waals surface area contributed by atoms with Crippen LogP contribution in [0.1, 0.15) is 86.5 Å². The van der Waals surface area contributed by atoms with Crippen LogP contribution in [0.4, 0.5) is 0 Å². The standard InChI is InChI=1S/C28H45ClO3/c1-16(2)17(3)9-10-18(4)20-11-12-21-19-14-23(29)28(32)13-7-8-24(31)27(28,6)25(19)22(30)15-26(20,21)5/h7-8,16-23,25,30,32H,9-15H2,1-6H3. The van der Waals surface area contributed by atoms with Crippen molar-refractivity contribution in [2.75, 3.05) is 0 Å². The van der Waals surface area contributed by atoms with Crippen LogP contribution in [0.15, 0.2) is 12.2 Å². The molecule has 0 aromatic carbocycles. The van der Waals surface area contributed by atoms with Crippen molar-refractivity contribution in [1.29, 1.82) is 0 Å².